The van der Waals surface area contributed by atoms with Gasteiger partial charge in [0.2, 0.25) is 5.91 Å². The van der Waals surface area contributed by atoms with Crippen LogP contribution in [0, 0.1) is 5.92 Å². The van der Waals surface area contributed by atoms with Crippen molar-refractivity contribution in [2.45, 2.75) is 25.1 Å². The summed E-state index contributed by atoms with van der Waals surface area (Å²) in [6.45, 7) is -1.25. The molecule has 3 nitrogen and oxygen atoms in total. The van der Waals surface area contributed by atoms with Crippen LogP contribution in [0.1, 0.15) is 12.8 Å². The van der Waals surface area contributed by atoms with Crippen LogP contribution in [-0.2, 0) is 4.79 Å². The van der Waals surface area contributed by atoms with Crippen molar-refractivity contribution in [3.8, 4) is 0 Å². The second-order valence-corrected chi connectivity index (χ2v) is 3.26. The highest BCUT2D eigenvalue weighted by Gasteiger charge is 2.34. The summed E-state index contributed by atoms with van der Waals surface area (Å²) in [5.74, 6) is -0.864. The maximum atomic E-state index is 11.6. The van der Waals surface area contributed by atoms with Gasteiger partial charge in [0.15, 0.2) is 0 Å². The molecule has 1 amide bonds. The molecular formula is C7H11F3N2O. The minimum atomic E-state index is -4.33. The number of halogens is 3. The number of amides is 1. The van der Waals surface area contributed by atoms with Gasteiger partial charge < -0.3 is 11.1 Å². The quantitative estimate of drug-likeness (QED) is 0.671. The first-order valence-corrected chi connectivity index (χ1v) is 3.98. The highest BCUT2D eigenvalue weighted by Crippen LogP contribution is 2.25. The van der Waals surface area contributed by atoms with Gasteiger partial charge in [-0.3, -0.25) is 4.79 Å². The van der Waals surface area contributed by atoms with Gasteiger partial charge in [-0.15, -0.1) is 0 Å². The van der Waals surface area contributed by atoms with E-state index in [2.05, 4.69) is 0 Å². The van der Waals surface area contributed by atoms with Crippen molar-refractivity contribution in [1.82, 2.24) is 5.32 Å². The van der Waals surface area contributed by atoms with Crippen molar-refractivity contribution in [2.24, 2.45) is 11.7 Å². The normalized spacial score (nSPS) is 28.0. The molecule has 0 bridgehead atoms. The molecule has 0 spiro atoms. The molecule has 0 saturated heterocycles. The minimum absolute atomic E-state index is 0.0263. The number of hydrogen-bond acceptors (Lipinski definition) is 2. The molecule has 0 unspecified atom stereocenters. The van der Waals surface area contributed by atoms with Crippen LogP contribution in [0.4, 0.5) is 13.2 Å². The van der Waals surface area contributed by atoms with Crippen LogP contribution in [-0.4, -0.2) is 24.7 Å². The Balaban J connectivity index is 2.19. The molecule has 0 aromatic rings. The number of carbonyl (C=O) groups is 1. The third-order valence-electron chi connectivity index (χ3n) is 2.01. The predicted molar refractivity (Wildman–Crippen MR) is 39.8 cm³/mol. The highest BCUT2D eigenvalue weighted by molar-refractivity contribution is 5.79. The lowest BCUT2D eigenvalue weighted by Crippen LogP contribution is -2.46. The minimum Gasteiger partial charge on any atom is -0.347 e. The predicted octanol–water partition coefficient (Wildman–Crippen LogP) is 0.402. The van der Waals surface area contributed by atoms with E-state index in [1.807, 2.05) is 5.32 Å². The molecule has 76 valence electrons. The molecule has 0 atom stereocenters. The average molecular weight is 196 g/mol. The Hall–Kier alpha value is -0.780. The maximum Gasteiger partial charge on any atom is 0.405 e. The van der Waals surface area contributed by atoms with E-state index in [0.717, 1.165) is 0 Å². The first kappa shape index (κ1) is 10.3. The molecule has 0 heterocycles. The smallest absolute Gasteiger partial charge is 0.347 e. The molecule has 1 fully saturated rings. The summed E-state index contributed by atoms with van der Waals surface area (Å²) >= 11 is 0. The molecule has 0 aromatic carbocycles. The number of hydrogen-bond donors (Lipinski definition) is 2. The second kappa shape index (κ2) is 3.53. The third kappa shape index (κ3) is 3.22. The Labute approximate surface area is 73.5 Å². The summed E-state index contributed by atoms with van der Waals surface area (Å²) in [6, 6.07) is -0.0263. The SMILES string of the molecule is NC1CC(C(=O)NCC(F)(F)F)C1. The number of rotatable bonds is 2. The van der Waals surface area contributed by atoms with Crippen LogP contribution < -0.4 is 11.1 Å². The van der Waals surface area contributed by atoms with Gasteiger partial charge in [0.05, 0.1) is 0 Å². The molecule has 1 rings (SSSR count). The lowest BCUT2D eigenvalue weighted by Gasteiger charge is -2.31. The molecule has 6 heteroatoms. The summed E-state index contributed by atoms with van der Waals surface area (Å²) in [5, 5.41) is 1.83. The zero-order valence-corrected chi connectivity index (χ0v) is 6.90. The summed E-state index contributed by atoms with van der Waals surface area (Å²) in [4.78, 5) is 11.0. The Morgan fingerprint density at radius 2 is 2.00 bits per heavy atom. The molecule has 0 aliphatic heterocycles. The van der Waals surface area contributed by atoms with E-state index in [0.29, 0.717) is 12.8 Å². The van der Waals surface area contributed by atoms with Crippen molar-refractivity contribution in [3.05, 3.63) is 0 Å². The van der Waals surface area contributed by atoms with Crippen molar-refractivity contribution in [1.29, 1.82) is 0 Å². The van der Waals surface area contributed by atoms with Gasteiger partial charge in [0.1, 0.15) is 6.54 Å². The number of nitrogens with one attached hydrogen (secondary N) is 1. The van der Waals surface area contributed by atoms with Crippen LogP contribution in [0.25, 0.3) is 0 Å². The van der Waals surface area contributed by atoms with E-state index in [1.54, 1.807) is 0 Å². The Kier molecular flexibility index (Phi) is 2.80. The molecule has 3 N–H and O–H groups in total. The molecule has 1 aliphatic carbocycles. The molecule has 0 radical (unpaired) electrons. The lowest BCUT2D eigenvalue weighted by molar-refractivity contribution is -0.142. The first-order chi connectivity index (χ1) is 5.88. The van der Waals surface area contributed by atoms with E-state index in [9.17, 15) is 18.0 Å². The fraction of sp³-hybridized carbons (Fsp3) is 0.857. The van der Waals surface area contributed by atoms with Gasteiger partial charge in [-0.2, -0.15) is 13.2 Å². The Bertz CT molecular complexity index is 198. The van der Waals surface area contributed by atoms with E-state index < -0.39 is 18.6 Å². The Morgan fingerprint density at radius 1 is 1.46 bits per heavy atom. The molecule has 1 aliphatic rings. The van der Waals surface area contributed by atoms with Gasteiger partial charge in [-0.25, -0.2) is 0 Å². The lowest BCUT2D eigenvalue weighted by atomic mass is 9.80. The van der Waals surface area contributed by atoms with Crippen LogP contribution in [0.3, 0.4) is 0 Å². The van der Waals surface area contributed by atoms with Crippen LogP contribution in [0.15, 0.2) is 0 Å². The van der Waals surface area contributed by atoms with Crippen LogP contribution >= 0.6 is 0 Å². The van der Waals surface area contributed by atoms with Crippen molar-refractivity contribution >= 4 is 5.91 Å². The van der Waals surface area contributed by atoms with Crippen molar-refractivity contribution < 1.29 is 18.0 Å². The largest absolute Gasteiger partial charge is 0.405 e. The Morgan fingerprint density at radius 3 is 2.38 bits per heavy atom. The number of carbonyl (C=O) groups excluding carboxylic acids is 1. The standard InChI is InChI=1S/C7H11F3N2O/c8-7(9,10)3-12-6(13)4-1-5(11)2-4/h4-5H,1-3,11H2,(H,12,13). The molecule has 0 aromatic heterocycles. The summed E-state index contributed by atoms with van der Waals surface area (Å²) in [5.41, 5.74) is 5.39. The summed E-state index contributed by atoms with van der Waals surface area (Å²) < 4.78 is 34.9. The van der Waals surface area contributed by atoms with Gasteiger partial charge >= 0.3 is 6.18 Å². The molecule has 13 heavy (non-hydrogen) atoms. The maximum absolute atomic E-state index is 11.6. The van der Waals surface area contributed by atoms with E-state index in [1.165, 1.54) is 0 Å². The van der Waals surface area contributed by atoms with Gasteiger partial charge in [-0.1, -0.05) is 0 Å². The zero-order valence-electron chi connectivity index (χ0n) is 6.90. The van der Waals surface area contributed by atoms with E-state index in [4.69, 9.17) is 5.73 Å². The third-order valence-corrected chi connectivity index (χ3v) is 2.01. The van der Waals surface area contributed by atoms with Crippen molar-refractivity contribution in [3.63, 3.8) is 0 Å². The summed E-state index contributed by atoms with van der Waals surface area (Å²) in [7, 11) is 0. The monoisotopic (exact) mass is 196 g/mol. The first-order valence-electron chi connectivity index (χ1n) is 3.98. The van der Waals surface area contributed by atoms with Gasteiger partial charge in [-0.05, 0) is 12.8 Å². The average Bonchev–Trinajstić information content (AvgIpc) is 1.93. The second-order valence-electron chi connectivity index (χ2n) is 3.26. The summed E-state index contributed by atoms with van der Waals surface area (Å²) in [6.07, 6.45) is -3.35. The molecular weight excluding hydrogens is 185 g/mol. The zero-order chi connectivity index (χ0) is 10.1. The van der Waals surface area contributed by atoms with Crippen LogP contribution in [0.5, 0.6) is 0 Å². The highest BCUT2D eigenvalue weighted by atomic mass is 19.4. The van der Waals surface area contributed by atoms with Crippen molar-refractivity contribution in [2.75, 3.05) is 6.54 Å². The van der Waals surface area contributed by atoms with Crippen LogP contribution in [0.2, 0.25) is 0 Å². The van der Waals surface area contributed by atoms with Gasteiger partial charge in [0.25, 0.3) is 0 Å². The fourth-order valence-corrected chi connectivity index (χ4v) is 1.21. The van der Waals surface area contributed by atoms with Gasteiger partial charge in [0, 0.05) is 12.0 Å². The van der Waals surface area contributed by atoms with E-state index >= 15 is 0 Å². The molecule has 1 saturated carbocycles. The topological polar surface area (TPSA) is 55.1 Å². The number of alkyl halides is 3. The number of nitrogens with two attached hydrogens (primary N) is 1. The van der Waals surface area contributed by atoms with E-state index in [-0.39, 0.29) is 12.0 Å². The fourth-order valence-electron chi connectivity index (χ4n) is 1.21.